The van der Waals surface area contributed by atoms with Crippen molar-refractivity contribution in [3.8, 4) is 5.69 Å². The Labute approximate surface area is 181 Å². The lowest BCUT2D eigenvalue weighted by Crippen LogP contribution is -2.38. The molecule has 8 nitrogen and oxygen atoms in total. The smallest absolute Gasteiger partial charge is 0.276 e. The van der Waals surface area contributed by atoms with Gasteiger partial charge in [-0.2, -0.15) is 0 Å². The first kappa shape index (κ1) is 18.9. The van der Waals surface area contributed by atoms with E-state index >= 15 is 0 Å². The second-order valence-electron chi connectivity index (χ2n) is 7.47. The van der Waals surface area contributed by atoms with Gasteiger partial charge < -0.3 is 4.90 Å². The van der Waals surface area contributed by atoms with E-state index in [0.717, 1.165) is 40.2 Å². The molecule has 1 aliphatic rings. The first-order valence-corrected chi connectivity index (χ1v) is 10.7. The number of piperidine rings is 1. The largest absolute Gasteiger partial charge is 0.337 e. The molecular weight excluding hydrogens is 446 g/mol. The Morgan fingerprint density at radius 1 is 1.07 bits per heavy atom. The molecule has 1 saturated heterocycles. The number of hydrogen-bond acceptors (Lipinski definition) is 5. The number of rotatable bonds is 3. The van der Waals surface area contributed by atoms with Crippen molar-refractivity contribution in [1.29, 1.82) is 0 Å². The summed E-state index contributed by atoms with van der Waals surface area (Å²) in [7, 11) is 0. The maximum absolute atomic E-state index is 13.1. The first-order valence-electron chi connectivity index (χ1n) is 9.89. The van der Waals surface area contributed by atoms with Gasteiger partial charge in [-0.15, -0.1) is 15.3 Å². The summed E-state index contributed by atoms with van der Waals surface area (Å²) in [6.07, 6.45) is 3.69. The lowest BCUT2D eigenvalue weighted by molar-refractivity contribution is 0.0704. The summed E-state index contributed by atoms with van der Waals surface area (Å²) < 4.78 is 4.69. The minimum absolute atomic E-state index is 0.0710. The molecule has 1 amide bonds. The van der Waals surface area contributed by atoms with Crippen LogP contribution in [0.3, 0.4) is 0 Å². The molecule has 4 heterocycles. The highest BCUT2D eigenvalue weighted by atomic mass is 79.9. The molecule has 0 bridgehead atoms. The number of likely N-dealkylation sites (tertiary alicyclic amines) is 1. The van der Waals surface area contributed by atoms with E-state index in [0.29, 0.717) is 18.8 Å². The van der Waals surface area contributed by atoms with Crippen molar-refractivity contribution in [1.82, 2.24) is 34.5 Å². The van der Waals surface area contributed by atoms with Crippen LogP contribution in [0.15, 0.2) is 53.1 Å². The zero-order valence-corrected chi connectivity index (χ0v) is 18.0. The summed E-state index contributed by atoms with van der Waals surface area (Å²) in [5.41, 5.74) is 2.86. The number of hydrogen-bond donors (Lipinski definition) is 0. The van der Waals surface area contributed by atoms with Gasteiger partial charge in [0.05, 0.1) is 11.4 Å². The van der Waals surface area contributed by atoms with Gasteiger partial charge in [-0.25, -0.2) is 4.68 Å². The van der Waals surface area contributed by atoms with Gasteiger partial charge in [-0.05, 0) is 50.1 Å². The number of carbonyl (C=O) groups is 1. The van der Waals surface area contributed by atoms with Crippen LogP contribution in [-0.4, -0.2) is 53.5 Å². The first-order chi connectivity index (χ1) is 14.6. The summed E-state index contributed by atoms with van der Waals surface area (Å²) in [4.78, 5) is 15.0. The predicted octanol–water partition coefficient (Wildman–Crippen LogP) is 3.40. The van der Waals surface area contributed by atoms with E-state index < -0.39 is 0 Å². The van der Waals surface area contributed by atoms with Crippen molar-refractivity contribution < 1.29 is 4.79 Å². The fourth-order valence-electron chi connectivity index (χ4n) is 4.01. The van der Waals surface area contributed by atoms with Crippen LogP contribution in [0, 0.1) is 6.92 Å². The SMILES string of the molecule is Cc1c(C(=O)N2CCC(c3nnc4ccccn34)CC2)nnn1-c1cccc(Br)c1. The molecule has 1 aromatic carbocycles. The highest BCUT2D eigenvalue weighted by Gasteiger charge is 2.29. The lowest BCUT2D eigenvalue weighted by atomic mass is 9.95. The van der Waals surface area contributed by atoms with E-state index in [1.165, 1.54) is 0 Å². The van der Waals surface area contributed by atoms with Crippen LogP contribution >= 0.6 is 15.9 Å². The number of pyridine rings is 1. The third kappa shape index (κ3) is 3.28. The van der Waals surface area contributed by atoms with Gasteiger partial charge >= 0.3 is 0 Å². The van der Waals surface area contributed by atoms with E-state index in [1.54, 1.807) is 4.68 Å². The Morgan fingerprint density at radius 2 is 1.90 bits per heavy atom. The number of halogens is 1. The molecule has 3 aromatic heterocycles. The minimum Gasteiger partial charge on any atom is -0.337 e. The predicted molar refractivity (Wildman–Crippen MR) is 115 cm³/mol. The van der Waals surface area contributed by atoms with Gasteiger partial charge in [0.15, 0.2) is 11.3 Å². The summed E-state index contributed by atoms with van der Waals surface area (Å²) >= 11 is 3.47. The molecule has 1 fully saturated rings. The number of fused-ring (bicyclic) bond motifs is 1. The molecule has 0 atom stereocenters. The molecule has 0 N–H and O–H groups in total. The third-order valence-electron chi connectivity index (χ3n) is 5.64. The van der Waals surface area contributed by atoms with Gasteiger partial charge in [-0.1, -0.05) is 33.3 Å². The molecule has 0 unspecified atom stereocenters. The molecule has 0 aliphatic carbocycles. The van der Waals surface area contributed by atoms with E-state index in [4.69, 9.17) is 0 Å². The second kappa shape index (κ2) is 7.64. The van der Waals surface area contributed by atoms with Crippen molar-refractivity contribution in [2.75, 3.05) is 13.1 Å². The van der Waals surface area contributed by atoms with Crippen molar-refractivity contribution in [2.24, 2.45) is 0 Å². The van der Waals surface area contributed by atoms with Crippen LogP contribution in [-0.2, 0) is 0 Å². The summed E-state index contributed by atoms with van der Waals surface area (Å²) in [6, 6.07) is 13.7. The highest BCUT2D eigenvalue weighted by molar-refractivity contribution is 9.10. The summed E-state index contributed by atoms with van der Waals surface area (Å²) in [5.74, 6) is 1.18. The van der Waals surface area contributed by atoms with Gasteiger partial charge in [0.2, 0.25) is 0 Å². The van der Waals surface area contributed by atoms with Crippen molar-refractivity contribution in [2.45, 2.75) is 25.7 Å². The molecular formula is C21H20BrN7O. The number of amides is 1. The molecule has 0 saturated carbocycles. The van der Waals surface area contributed by atoms with Crippen molar-refractivity contribution in [3.63, 3.8) is 0 Å². The van der Waals surface area contributed by atoms with Gasteiger partial charge in [-0.3, -0.25) is 9.20 Å². The van der Waals surface area contributed by atoms with E-state index in [2.05, 4.69) is 36.4 Å². The molecule has 1 aliphatic heterocycles. The molecule has 9 heteroatoms. The molecule has 0 radical (unpaired) electrons. The normalized spacial score (nSPS) is 15.1. The van der Waals surface area contributed by atoms with E-state index in [-0.39, 0.29) is 11.8 Å². The zero-order valence-electron chi connectivity index (χ0n) is 16.4. The Balaban J connectivity index is 1.32. The van der Waals surface area contributed by atoms with E-state index in [1.807, 2.05) is 64.9 Å². The lowest BCUT2D eigenvalue weighted by Gasteiger charge is -2.30. The Bertz CT molecular complexity index is 1220. The standard InChI is InChI=1S/C21H20BrN7O/c1-14-19(24-26-29(14)17-6-4-5-16(22)13-17)21(30)27-11-8-15(9-12-27)20-25-23-18-7-2-3-10-28(18)20/h2-7,10,13,15H,8-9,11-12H2,1H3. The number of carbonyl (C=O) groups excluding carboxylic acids is 1. The third-order valence-corrected chi connectivity index (χ3v) is 6.13. The average Bonchev–Trinajstić information content (AvgIpc) is 3.37. The second-order valence-corrected chi connectivity index (χ2v) is 8.38. The van der Waals surface area contributed by atoms with Crippen LogP contribution in [0.25, 0.3) is 11.3 Å². The van der Waals surface area contributed by atoms with Crippen LogP contribution < -0.4 is 0 Å². The summed E-state index contributed by atoms with van der Waals surface area (Å²) in [6.45, 7) is 3.20. The topological polar surface area (TPSA) is 81.2 Å². The Morgan fingerprint density at radius 3 is 2.70 bits per heavy atom. The zero-order chi connectivity index (χ0) is 20.7. The highest BCUT2D eigenvalue weighted by Crippen LogP contribution is 2.28. The van der Waals surface area contributed by atoms with Crippen LogP contribution in [0.2, 0.25) is 0 Å². The number of benzene rings is 1. The molecule has 0 spiro atoms. The molecule has 30 heavy (non-hydrogen) atoms. The van der Waals surface area contributed by atoms with Crippen LogP contribution in [0.4, 0.5) is 0 Å². The Kier molecular flexibility index (Phi) is 4.82. The van der Waals surface area contributed by atoms with Gasteiger partial charge in [0, 0.05) is 29.7 Å². The van der Waals surface area contributed by atoms with Crippen LogP contribution in [0.1, 0.15) is 40.8 Å². The van der Waals surface area contributed by atoms with Crippen LogP contribution in [0.5, 0.6) is 0 Å². The fraction of sp³-hybridized carbons (Fsp3) is 0.286. The molecule has 4 aromatic rings. The number of nitrogens with zero attached hydrogens (tertiary/aromatic N) is 7. The summed E-state index contributed by atoms with van der Waals surface area (Å²) in [5, 5.41) is 17.0. The van der Waals surface area contributed by atoms with E-state index in [9.17, 15) is 4.79 Å². The quantitative estimate of drug-likeness (QED) is 0.463. The average molecular weight is 466 g/mol. The Hall–Kier alpha value is -3.07. The van der Waals surface area contributed by atoms with Crippen molar-refractivity contribution >= 4 is 27.5 Å². The molecule has 152 valence electrons. The maximum Gasteiger partial charge on any atom is 0.276 e. The fourth-order valence-corrected chi connectivity index (χ4v) is 4.40. The van der Waals surface area contributed by atoms with Gasteiger partial charge in [0.1, 0.15) is 5.82 Å². The minimum atomic E-state index is -0.0710. The van der Waals surface area contributed by atoms with Crippen molar-refractivity contribution in [3.05, 3.63) is 70.3 Å². The molecule has 5 rings (SSSR count). The van der Waals surface area contributed by atoms with Gasteiger partial charge in [0.25, 0.3) is 5.91 Å². The monoisotopic (exact) mass is 465 g/mol. The maximum atomic E-state index is 13.1. The number of aromatic nitrogens is 6.